The summed E-state index contributed by atoms with van der Waals surface area (Å²) in [4.78, 5) is 23.7. The Kier molecular flexibility index (Phi) is 11.4. The lowest BCUT2D eigenvalue weighted by molar-refractivity contribution is -0.151. The van der Waals surface area contributed by atoms with Crippen LogP contribution in [0.2, 0.25) is 43.8 Å². The number of esters is 1. The Hall–Kier alpha value is -0.546. The minimum Gasteiger partial charge on any atom is -0.469 e. The maximum Gasteiger partial charge on any atom is 0.310 e. The average Bonchev–Trinajstić information content (AvgIpc) is 2.55. The summed E-state index contributed by atoms with van der Waals surface area (Å²) < 4.78 is 22.5. The summed E-state index contributed by atoms with van der Waals surface area (Å²) in [6.45, 7) is 20.0. The zero-order valence-corrected chi connectivity index (χ0v) is 21.6. The molecular formula is C20H42O6Si2. The molecule has 0 bridgehead atoms. The van der Waals surface area contributed by atoms with Gasteiger partial charge in [-0.1, -0.05) is 40.4 Å². The highest BCUT2D eigenvalue weighted by atomic mass is 28.4. The third-order valence-electron chi connectivity index (χ3n) is 5.36. The van der Waals surface area contributed by atoms with Crippen LogP contribution in [0.5, 0.6) is 0 Å². The molecule has 0 aromatic heterocycles. The smallest absolute Gasteiger partial charge is 0.310 e. The summed E-state index contributed by atoms with van der Waals surface area (Å²) >= 11 is 0. The lowest BCUT2D eigenvalue weighted by Gasteiger charge is -2.41. The zero-order valence-electron chi connectivity index (χ0n) is 19.6. The van der Waals surface area contributed by atoms with Crippen molar-refractivity contribution in [2.45, 2.75) is 90.1 Å². The van der Waals surface area contributed by atoms with Gasteiger partial charge >= 0.3 is 5.97 Å². The molecule has 0 saturated heterocycles. The first-order chi connectivity index (χ1) is 12.6. The summed E-state index contributed by atoms with van der Waals surface area (Å²) in [5, 5.41) is -0.0153. The van der Waals surface area contributed by atoms with E-state index in [1.807, 2.05) is 0 Å². The van der Waals surface area contributed by atoms with E-state index in [1.165, 1.54) is 7.11 Å². The third-order valence-corrected chi connectivity index (χ3v) is 11.6. The van der Waals surface area contributed by atoms with Gasteiger partial charge in [-0.2, -0.15) is 0 Å². The monoisotopic (exact) mass is 434 g/mol. The average molecular weight is 435 g/mol. The van der Waals surface area contributed by atoms with Crippen molar-refractivity contribution in [3.05, 3.63) is 0 Å². The Morgan fingerprint density at radius 1 is 1.11 bits per heavy atom. The molecule has 0 amide bonds. The summed E-state index contributed by atoms with van der Waals surface area (Å²) in [6.07, 6.45) is -0.0865. The number of hydrogen-bond acceptors (Lipinski definition) is 6. The molecule has 0 spiro atoms. The molecule has 0 rings (SSSR count). The van der Waals surface area contributed by atoms with Crippen LogP contribution in [-0.4, -0.2) is 61.4 Å². The van der Waals surface area contributed by atoms with Gasteiger partial charge in [0.15, 0.2) is 8.32 Å². The molecule has 0 unspecified atom stereocenters. The van der Waals surface area contributed by atoms with Crippen molar-refractivity contribution in [2.75, 3.05) is 20.5 Å². The lowest BCUT2D eigenvalue weighted by atomic mass is 10.00. The van der Waals surface area contributed by atoms with E-state index in [1.54, 1.807) is 6.92 Å². The second-order valence-electron chi connectivity index (χ2n) is 10.1. The second kappa shape index (κ2) is 11.6. The molecule has 0 fully saturated rings. The number of hydrogen-bond donors (Lipinski definition) is 0. The fraction of sp³-hybridized carbons (Fsp3) is 0.900. The minimum atomic E-state index is -2.14. The molecule has 0 aromatic rings. The molecule has 166 valence electrons. The van der Waals surface area contributed by atoms with Crippen LogP contribution in [0.4, 0.5) is 0 Å². The standard InChI is InChI=1S/C20H42O6Si2/c1-16(19(22)23-5)18(26-28(9,10)20(2,3)4)13-17(14-21)25-15-24-11-12-27(6,7)8/h14,16-18H,11-13,15H2,1-10H3/t16-,17+,18-/m1/s1. The van der Waals surface area contributed by atoms with Crippen LogP contribution in [0, 0.1) is 5.92 Å². The van der Waals surface area contributed by atoms with Crippen LogP contribution in [-0.2, 0) is 28.2 Å². The number of methoxy groups -OCH3 is 1. The number of carbonyl (C=O) groups is 2. The van der Waals surface area contributed by atoms with Crippen LogP contribution >= 0.6 is 0 Å². The molecule has 0 aliphatic rings. The van der Waals surface area contributed by atoms with Gasteiger partial charge in [0.05, 0.1) is 19.1 Å². The highest BCUT2D eigenvalue weighted by molar-refractivity contribution is 6.76. The molecule has 3 atom stereocenters. The molecular weight excluding hydrogens is 392 g/mol. The summed E-state index contributed by atoms with van der Waals surface area (Å²) in [5.41, 5.74) is 0. The Labute approximate surface area is 173 Å². The van der Waals surface area contributed by atoms with Crippen LogP contribution in [0.25, 0.3) is 0 Å². The molecule has 28 heavy (non-hydrogen) atoms. The third kappa shape index (κ3) is 10.3. The summed E-state index contributed by atoms with van der Waals surface area (Å²) in [6, 6.07) is 1.04. The first-order valence-electron chi connectivity index (χ1n) is 10.0. The molecule has 0 aliphatic carbocycles. The van der Waals surface area contributed by atoms with Gasteiger partial charge in [-0.15, -0.1) is 0 Å². The van der Waals surface area contributed by atoms with Crippen LogP contribution < -0.4 is 0 Å². The van der Waals surface area contributed by atoms with E-state index in [0.717, 1.165) is 12.3 Å². The minimum absolute atomic E-state index is 0.0153. The van der Waals surface area contributed by atoms with Gasteiger partial charge in [0.25, 0.3) is 0 Å². The van der Waals surface area contributed by atoms with Crippen molar-refractivity contribution in [3.8, 4) is 0 Å². The molecule has 6 nitrogen and oxygen atoms in total. The highest BCUT2D eigenvalue weighted by Gasteiger charge is 2.42. The summed E-state index contributed by atoms with van der Waals surface area (Å²) in [7, 11) is -1.94. The Morgan fingerprint density at radius 2 is 1.68 bits per heavy atom. The van der Waals surface area contributed by atoms with Gasteiger partial charge in [0.1, 0.15) is 19.2 Å². The molecule has 8 heteroatoms. The number of carbonyl (C=O) groups excluding carboxylic acids is 2. The van der Waals surface area contributed by atoms with Crippen LogP contribution in [0.3, 0.4) is 0 Å². The van der Waals surface area contributed by atoms with Gasteiger partial charge in [-0.3, -0.25) is 4.79 Å². The Morgan fingerprint density at radius 3 is 2.11 bits per heavy atom. The van der Waals surface area contributed by atoms with Crippen molar-refractivity contribution in [2.24, 2.45) is 5.92 Å². The lowest BCUT2D eigenvalue weighted by Crippen LogP contribution is -2.47. The quantitative estimate of drug-likeness (QED) is 0.140. The van der Waals surface area contributed by atoms with Gasteiger partial charge in [0.2, 0.25) is 0 Å². The molecule has 0 radical (unpaired) electrons. The van der Waals surface area contributed by atoms with E-state index in [4.69, 9.17) is 18.6 Å². The molecule has 0 N–H and O–H groups in total. The summed E-state index contributed by atoms with van der Waals surface area (Å²) in [5.74, 6) is -0.835. The van der Waals surface area contributed by atoms with Crippen molar-refractivity contribution >= 4 is 28.6 Å². The molecule has 0 aromatic carbocycles. The van der Waals surface area contributed by atoms with Crippen molar-refractivity contribution in [3.63, 3.8) is 0 Å². The predicted molar refractivity (Wildman–Crippen MR) is 118 cm³/mol. The van der Waals surface area contributed by atoms with E-state index in [9.17, 15) is 9.59 Å². The van der Waals surface area contributed by atoms with E-state index in [0.29, 0.717) is 13.0 Å². The van der Waals surface area contributed by atoms with Crippen LogP contribution in [0.15, 0.2) is 0 Å². The normalized spacial score (nSPS) is 16.4. The van der Waals surface area contributed by atoms with Crippen molar-refractivity contribution in [1.29, 1.82) is 0 Å². The zero-order chi connectivity index (χ0) is 22.2. The SMILES string of the molecule is COC(=O)[C@H](C)[C@@H](C[C@@H](C=O)OCOCC[Si](C)(C)C)O[Si](C)(C)C(C)(C)C. The highest BCUT2D eigenvalue weighted by Crippen LogP contribution is 2.38. The topological polar surface area (TPSA) is 71.1 Å². The van der Waals surface area contributed by atoms with Gasteiger partial charge < -0.3 is 23.4 Å². The first-order valence-corrected chi connectivity index (χ1v) is 16.7. The number of ether oxygens (including phenoxy) is 3. The fourth-order valence-electron chi connectivity index (χ4n) is 2.21. The molecule has 0 aliphatic heterocycles. The Bertz CT molecular complexity index is 482. The van der Waals surface area contributed by atoms with E-state index in [2.05, 4.69) is 53.5 Å². The number of rotatable bonds is 13. The molecule has 0 heterocycles. The van der Waals surface area contributed by atoms with Crippen LogP contribution in [0.1, 0.15) is 34.1 Å². The van der Waals surface area contributed by atoms with Gasteiger partial charge in [0, 0.05) is 21.1 Å². The molecule has 0 saturated carbocycles. The second-order valence-corrected chi connectivity index (χ2v) is 20.5. The first kappa shape index (κ1) is 27.5. The van der Waals surface area contributed by atoms with Crippen molar-refractivity contribution < 1.29 is 28.2 Å². The van der Waals surface area contributed by atoms with E-state index < -0.39 is 34.5 Å². The largest absolute Gasteiger partial charge is 0.469 e. The van der Waals surface area contributed by atoms with E-state index in [-0.39, 0.29) is 17.8 Å². The maximum absolute atomic E-state index is 12.1. The maximum atomic E-state index is 12.1. The van der Waals surface area contributed by atoms with Gasteiger partial charge in [-0.25, -0.2) is 0 Å². The van der Waals surface area contributed by atoms with Gasteiger partial charge in [-0.05, 0) is 31.1 Å². The fourth-order valence-corrected chi connectivity index (χ4v) is 4.38. The Balaban J connectivity index is 4.98. The van der Waals surface area contributed by atoms with Crippen molar-refractivity contribution in [1.82, 2.24) is 0 Å². The van der Waals surface area contributed by atoms with E-state index >= 15 is 0 Å². The predicted octanol–water partition coefficient (Wildman–Crippen LogP) is 4.47. The number of aldehydes is 1.